The standard InChI is InChI=1S/C23H20N4O/c1-4-10-27-20-14-25-19-12-21(28-3)16(5-2)11-18(19)22(20)23(26-27)17-8-6-15(13-24)7-9-17/h4,6-9,11-12,14H,1,5,10H2,2-3H3. The summed E-state index contributed by atoms with van der Waals surface area (Å²) in [5, 5.41) is 16.0. The summed E-state index contributed by atoms with van der Waals surface area (Å²) in [6.45, 7) is 6.55. The van der Waals surface area contributed by atoms with Crippen molar-refractivity contribution in [2.24, 2.45) is 0 Å². The lowest BCUT2D eigenvalue weighted by molar-refractivity contribution is 0.411. The van der Waals surface area contributed by atoms with Crippen molar-refractivity contribution in [2.45, 2.75) is 19.9 Å². The summed E-state index contributed by atoms with van der Waals surface area (Å²) >= 11 is 0. The number of benzene rings is 2. The van der Waals surface area contributed by atoms with Gasteiger partial charge in [0.15, 0.2) is 0 Å². The highest BCUT2D eigenvalue weighted by atomic mass is 16.5. The minimum atomic E-state index is 0.594. The number of pyridine rings is 1. The van der Waals surface area contributed by atoms with Crippen LogP contribution in [0.4, 0.5) is 0 Å². The van der Waals surface area contributed by atoms with Gasteiger partial charge < -0.3 is 4.74 Å². The Kier molecular flexibility index (Phi) is 4.54. The monoisotopic (exact) mass is 368 g/mol. The van der Waals surface area contributed by atoms with Gasteiger partial charge in [-0.3, -0.25) is 9.67 Å². The molecular weight excluding hydrogens is 348 g/mol. The molecule has 0 aliphatic carbocycles. The van der Waals surface area contributed by atoms with E-state index in [4.69, 9.17) is 15.1 Å². The summed E-state index contributed by atoms with van der Waals surface area (Å²) in [7, 11) is 1.68. The summed E-state index contributed by atoms with van der Waals surface area (Å²) < 4.78 is 7.45. The van der Waals surface area contributed by atoms with Crippen LogP contribution in [0, 0.1) is 11.3 Å². The normalized spacial score (nSPS) is 10.9. The number of fused-ring (bicyclic) bond motifs is 3. The molecule has 0 atom stereocenters. The molecular formula is C23H20N4O. The third-order valence-corrected chi connectivity index (χ3v) is 4.96. The van der Waals surface area contributed by atoms with E-state index in [0.717, 1.165) is 50.8 Å². The van der Waals surface area contributed by atoms with Crippen molar-refractivity contribution in [3.63, 3.8) is 0 Å². The first-order valence-electron chi connectivity index (χ1n) is 9.17. The second-order valence-electron chi connectivity index (χ2n) is 6.56. The fourth-order valence-corrected chi connectivity index (χ4v) is 3.56. The van der Waals surface area contributed by atoms with Crippen molar-refractivity contribution >= 4 is 21.8 Å². The highest BCUT2D eigenvalue weighted by Gasteiger charge is 2.17. The van der Waals surface area contributed by atoms with Crippen molar-refractivity contribution in [1.82, 2.24) is 14.8 Å². The topological polar surface area (TPSA) is 63.7 Å². The maximum atomic E-state index is 9.09. The van der Waals surface area contributed by atoms with Crippen molar-refractivity contribution in [1.29, 1.82) is 5.26 Å². The number of allylic oxidation sites excluding steroid dienone is 1. The van der Waals surface area contributed by atoms with Crippen LogP contribution in [0.25, 0.3) is 33.1 Å². The summed E-state index contributed by atoms with van der Waals surface area (Å²) in [5.74, 6) is 0.847. The first-order valence-corrected chi connectivity index (χ1v) is 9.17. The van der Waals surface area contributed by atoms with Crippen LogP contribution < -0.4 is 4.74 Å². The third kappa shape index (κ3) is 2.80. The van der Waals surface area contributed by atoms with Crippen molar-refractivity contribution in [3.8, 4) is 23.1 Å². The van der Waals surface area contributed by atoms with E-state index in [9.17, 15) is 0 Å². The lowest BCUT2D eigenvalue weighted by atomic mass is 10.0. The van der Waals surface area contributed by atoms with E-state index in [1.807, 2.05) is 47.3 Å². The van der Waals surface area contributed by atoms with Crippen LogP contribution in [-0.2, 0) is 13.0 Å². The van der Waals surface area contributed by atoms with Crippen LogP contribution in [0.15, 0.2) is 55.3 Å². The minimum Gasteiger partial charge on any atom is -0.496 e. The summed E-state index contributed by atoms with van der Waals surface area (Å²) in [6, 6.07) is 13.8. The fraction of sp³-hybridized carbons (Fsp3) is 0.174. The highest BCUT2D eigenvalue weighted by Crippen LogP contribution is 2.36. The van der Waals surface area contributed by atoms with Crippen LogP contribution in [0.5, 0.6) is 5.75 Å². The minimum absolute atomic E-state index is 0.594. The number of rotatable bonds is 5. The Morgan fingerprint density at radius 1 is 1.25 bits per heavy atom. The van der Waals surface area contributed by atoms with E-state index in [1.165, 1.54) is 0 Å². The van der Waals surface area contributed by atoms with Gasteiger partial charge in [-0.2, -0.15) is 10.4 Å². The molecule has 28 heavy (non-hydrogen) atoms. The van der Waals surface area contributed by atoms with Gasteiger partial charge in [-0.05, 0) is 30.2 Å². The zero-order valence-corrected chi connectivity index (χ0v) is 15.9. The second kappa shape index (κ2) is 7.16. The Bertz CT molecular complexity index is 1230. The lowest BCUT2D eigenvalue weighted by Gasteiger charge is -2.10. The molecule has 0 saturated carbocycles. The smallest absolute Gasteiger partial charge is 0.124 e. The second-order valence-corrected chi connectivity index (χ2v) is 6.56. The van der Waals surface area contributed by atoms with E-state index in [-0.39, 0.29) is 0 Å². The maximum Gasteiger partial charge on any atom is 0.124 e. The Morgan fingerprint density at radius 2 is 2.04 bits per heavy atom. The molecule has 2 aromatic heterocycles. The average Bonchev–Trinajstić information content (AvgIpc) is 3.11. The van der Waals surface area contributed by atoms with Gasteiger partial charge in [0.2, 0.25) is 0 Å². The Balaban J connectivity index is 2.08. The molecule has 0 radical (unpaired) electrons. The van der Waals surface area contributed by atoms with E-state index < -0.39 is 0 Å². The van der Waals surface area contributed by atoms with Gasteiger partial charge in [0.1, 0.15) is 11.4 Å². The van der Waals surface area contributed by atoms with Crippen molar-refractivity contribution in [2.75, 3.05) is 7.11 Å². The molecule has 0 fully saturated rings. The number of hydrogen-bond donors (Lipinski definition) is 0. The molecule has 4 aromatic rings. The van der Waals surface area contributed by atoms with Crippen LogP contribution in [-0.4, -0.2) is 21.9 Å². The SMILES string of the molecule is C=CCn1nc(-c2ccc(C#N)cc2)c2c3cc(CC)c(OC)cc3ncc21. The number of nitrogens with zero attached hydrogens (tertiary/aromatic N) is 4. The van der Waals surface area contributed by atoms with E-state index >= 15 is 0 Å². The van der Waals surface area contributed by atoms with Gasteiger partial charge >= 0.3 is 0 Å². The third-order valence-electron chi connectivity index (χ3n) is 4.96. The first kappa shape index (κ1) is 17.7. The number of aryl methyl sites for hydroxylation is 1. The number of aromatic nitrogens is 3. The van der Waals surface area contributed by atoms with Gasteiger partial charge in [-0.15, -0.1) is 6.58 Å². The summed E-state index contributed by atoms with van der Waals surface area (Å²) in [6.07, 6.45) is 4.54. The summed E-state index contributed by atoms with van der Waals surface area (Å²) in [4.78, 5) is 4.65. The molecule has 0 amide bonds. The Hall–Kier alpha value is -3.65. The molecule has 0 spiro atoms. The first-order chi connectivity index (χ1) is 13.7. The largest absolute Gasteiger partial charge is 0.496 e. The Morgan fingerprint density at radius 3 is 2.68 bits per heavy atom. The molecule has 0 aliphatic heterocycles. The zero-order chi connectivity index (χ0) is 19.7. The molecule has 0 N–H and O–H groups in total. The van der Waals surface area contributed by atoms with E-state index in [0.29, 0.717) is 12.1 Å². The molecule has 5 heteroatoms. The zero-order valence-electron chi connectivity index (χ0n) is 15.9. The number of methoxy groups -OCH3 is 1. The van der Waals surface area contributed by atoms with Crippen LogP contribution in [0.2, 0.25) is 0 Å². The average molecular weight is 368 g/mol. The van der Waals surface area contributed by atoms with Gasteiger partial charge in [-0.25, -0.2) is 0 Å². The van der Waals surface area contributed by atoms with Crippen molar-refractivity contribution in [3.05, 3.63) is 66.4 Å². The molecule has 0 bridgehead atoms. The van der Waals surface area contributed by atoms with E-state index in [1.54, 1.807) is 7.11 Å². The Labute approximate surface area is 163 Å². The molecule has 138 valence electrons. The van der Waals surface area contributed by atoms with Crippen LogP contribution in [0.1, 0.15) is 18.1 Å². The van der Waals surface area contributed by atoms with Crippen molar-refractivity contribution < 1.29 is 4.74 Å². The van der Waals surface area contributed by atoms with Crippen LogP contribution in [0.3, 0.4) is 0 Å². The predicted octanol–water partition coefficient (Wildman–Crippen LogP) is 4.88. The molecule has 5 nitrogen and oxygen atoms in total. The van der Waals surface area contributed by atoms with Gasteiger partial charge in [0.05, 0.1) is 42.5 Å². The van der Waals surface area contributed by atoms with E-state index in [2.05, 4.69) is 30.6 Å². The van der Waals surface area contributed by atoms with Gasteiger partial charge in [0, 0.05) is 22.4 Å². The molecule has 0 unspecified atom stereocenters. The molecule has 4 rings (SSSR count). The summed E-state index contributed by atoms with van der Waals surface area (Å²) in [5.41, 5.74) is 5.43. The van der Waals surface area contributed by atoms with Gasteiger partial charge in [0.25, 0.3) is 0 Å². The predicted molar refractivity (Wildman–Crippen MR) is 111 cm³/mol. The quantitative estimate of drug-likeness (QED) is 0.471. The molecule has 2 aromatic carbocycles. The molecule has 0 aliphatic rings. The maximum absolute atomic E-state index is 9.09. The number of nitriles is 1. The van der Waals surface area contributed by atoms with Crippen LogP contribution >= 0.6 is 0 Å². The number of hydrogen-bond acceptors (Lipinski definition) is 4. The number of ether oxygens (including phenoxy) is 1. The lowest BCUT2D eigenvalue weighted by Crippen LogP contribution is -1.97. The van der Waals surface area contributed by atoms with Gasteiger partial charge in [-0.1, -0.05) is 25.1 Å². The molecule has 0 saturated heterocycles. The highest BCUT2D eigenvalue weighted by molar-refractivity contribution is 6.11. The fourth-order valence-electron chi connectivity index (χ4n) is 3.56. The molecule has 2 heterocycles.